The van der Waals surface area contributed by atoms with E-state index < -0.39 is 0 Å². The van der Waals surface area contributed by atoms with Gasteiger partial charge in [0.25, 0.3) is 0 Å². The molecule has 0 aliphatic carbocycles. The molecular formula is C27H26N4O2S. The summed E-state index contributed by atoms with van der Waals surface area (Å²) < 4.78 is 5.45. The van der Waals surface area contributed by atoms with E-state index in [9.17, 15) is 4.79 Å². The molecule has 0 atom stereocenters. The molecule has 4 aromatic rings. The lowest BCUT2D eigenvalue weighted by atomic mass is 10.0. The third-order valence-electron chi connectivity index (χ3n) is 5.71. The molecule has 1 aliphatic heterocycles. The molecule has 34 heavy (non-hydrogen) atoms. The SMILES string of the molecule is O=C(CSc1nc(CN2CCOCC2)nc2ccccc12)Nc1ccccc1-c1ccccc1. The van der Waals surface area contributed by atoms with Crippen molar-refractivity contribution in [3.8, 4) is 11.1 Å². The first-order valence-electron chi connectivity index (χ1n) is 11.4. The van der Waals surface area contributed by atoms with Gasteiger partial charge in [-0.2, -0.15) is 0 Å². The number of ether oxygens (including phenoxy) is 1. The standard InChI is InChI=1S/C27H26N4O2S/c32-26(29-23-12-6-4-10-21(23)20-8-2-1-3-9-20)19-34-27-22-11-5-7-13-24(22)28-25(30-27)18-31-14-16-33-17-15-31/h1-13H,14-19H2,(H,29,32). The second kappa shape index (κ2) is 10.8. The number of anilines is 1. The number of amides is 1. The molecule has 1 N–H and O–H groups in total. The third kappa shape index (κ3) is 5.44. The number of fused-ring (bicyclic) bond motifs is 1. The van der Waals surface area contributed by atoms with Crippen LogP contribution < -0.4 is 5.32 Å². The van der Waals surface area contributed by atoms with Crippen LogP contribution in [0.2, 0.25) is 0 Å². The van der Waals surface area contributed by atoms with Crippen LogP contribution in [0.4, 0.5) is 5.69 Å². The van der Waals surface area contributed by atoms with Crippen LogP contribution in [0.5, 0.6) is 0 Å². The Kier molecular flexibility index (Phi) is 7.14. The van der Waals surface area contributed by atoms with E-state index in [2.05, 4.69) is 10.2 Å². The maximum Gasteiger partial charge on any atom is 0.234 e. The van der Waals surface area contributed by atoms with E-state index in [0.717, 1.165) is 64.9 Å². The number of nitrogens with one attached hydrogen (secondary N) is 1. The van der Waals surface area contributed by atoms with Crippen LogP contribution in [0.3, 0.4) is 0 Å². The maximum atomic E-state index is 12.9. The molecule has 5 rings (SSSR count). The van der Waals surface area contributed by atoms with Crippen LogP contribution >= 0.6 is 11.8 Å². The number of nitrogens with zero attached hydrogens (tertiary/aromatic N) is 3. The average molecular weight is 471 g/mol. The molecule has 0 unspecified atom stereocenters. The van der Waals surface area contributed by atoms with Crippen molar-refractivity contribution in [2.24, 2.45) is 0 Å². The number of carbonyl (C=O) groups excluding carboxylic acids is 1. The van der Waals surface area contributed by atoms with Gasteiger partial charge in [0.1, 0.15) is 10.9 Å². The highest BCUT2D eigenvalue weighted by Crippen LogP contribution is 2.29. The van der Waals surface area contributed by atoms with Crippen molar-refractivity contribution in [3.63, 3.8) is 0 Å². The summed E-state index contributed by atoms with van der Waals surface area (Å²) in [6.07, 6.45) is 0. The summed E-state index contributed by atoms with van der Waals surface area (Å²) in [7, 11) is 0. The second-order valence-electron chi connectivity index (χ2n) is 8.10. The molecule has 3 aromatic carbocycles. The van der Waals surface area contributed by atoms with Crippen LogP contribution in [0.1, 0.15) is 5.82 Å². The van der Waals surface area contributed by atoms with Crippen LogP contribution in [0, 0.1) is 0 Å². The zero-order valence-corrected chi connectivity index (χ0v) is 19.6. The lowest BCUT2D eigenvalue weighted by Crippen LogP contribution is -2.36. The normalized spacial score (nSPS) is 14.2. The zero-order chi connectivity index (χ0) is 23.2. The van der Waals surface area contributed by atoms with E-state index in [1.165, 1.54) is 11.8 Å². The van der Waals surface area contributed by atoms with E-state index in [1.807, 2.05) is 78.9 Å². The minimum Gasteiger partial charge on any atom is -0.379 e. The molecule has 1 aliphatic rings. The molecule has 2 heterocycles. The first-order chi connectivity index (χ1) is 16.8. The molecule has 0 spiro atoms. The van der Waals surface area contributed by atoms with E-state index in [4.69, 9.17) is 14.7 Å². The van der Waals surface area contributed by atoms with Crippen LogP contribution in [-0.2, 0) is 16.1 Å². The number of hydrogen-bond donors (Lipinski definition) is 1. The highest BCUT2D eigenvalue weighted by molar-refractivity contribution is 8.00. The van der Waals surface area contributed by atoms with Crippen molar-refractivity contribution >= 4 is 34.3 Å². The van der Waals surface area contributed by atoms with E-state index in [1.54, 1.807) is 0 Å². The van der Waals surface area contributed by atoms with Crippen LogP contribution in [-0.4, -0.2) is 52.8 Å². The van der Waals surface area contributed by atoms with Gasteiger partial charge < -0.3 is 10.1 Å². The van der Waals surface area contributed by atoms with Crippen LogP contribution in [0.15, 0.2) is 83.9 Å². The Bertz CT molecular complexity index is 1280. The number of hydrogen-bond acceptors (Lipinski definition) is 6. The Morgan fingerprint density at radius 2 is 1.65 bits per heavy atom. The van der Waals surface area contributed by atoms with E-state index >= 15 is 0 Å². The lowest BCUT2D eigenvalue weighted by molar-refractivity contribution is -0.113. The number of thioether (sulfide) groups is 1. The summed E-state index contributed by atoms with van der Waals surface area (Å²) in [5.41, 5.74) is 3.78. The Labute approximate surface area is 203 Å². The predicted molar refractivity (Wildman–Crippen MR) is 137 cm³/mol. The van der Waals surface area contributed by atoms with Crippen molar-refractivity contribution in [1.29, 1.82) is 0 Å². The topological polar surface area (TPSA) is 67.4 Å². The largest absolute Gasteiger partial charge is 0.379 e. The van der Waals surface area contributed by atoms with Gasteiger partial charge in [-0.3, -0.25) is 9.69 Å². The van der Waals surface area contributed by atoms with Gasteiger partial charge in [0.15, 0.2) is 0 Å². The van der Waals surface area contributed by atoms with Gasteiger partial charge in [-0.25, -0.2) is 9.97 Å². The molecule has 0 saturated carbocycles. The fourth-order valence-corrected chi connectivity index (χ4v) is 4.85. The van der Waals surface area contributed by atoms with Crippen molar-refractivity contribution in [2.75, 3.05) is 37.4 Å². The molecule has 0 bridgehead atoms. The summed E-state index contributed by atoms with van der Waals surface area (Å²) >= 11 is 1.45. The summed E-state index contributed by atoms with van der Waals surface area (Å²) in [5, 5.41) is 4.88. The number of morpholine rings is 1. The van der Waals surface area contributed by atoms with E-state index in [0.29, 0.717) is 6.54 Å². The highest BCUT2D eigenvalue weighted by Gasteiger charge is 2.16. The van der Waals surface area contributed by atoms with Crippen molar-refractivity contribution in [3.05, 3.63) is 84.7 Å². The fraction of sp³-hybridized carbons (Fsp3) is 0.222. The monoisotopic (exact) mass is 470 g/mol. The van der Waals surface area contributed by atoms with Gasteiger partial charge in [-0.15, -0.1) is 0 Å². The molecule has 0 radical (unpaired) electrons. The minimum atomic E-state index is -0.0641. The molecular weight excluding hydrogens is 444 g/mol. The Morgan fingerprint density at radius 1 is 0.912 bits per heavy atom. The summed E-state index contributed by atoms with van der Waals surface area (Å²) in [6, 6.07) is 25.9. The van der Waals surface area contributed by atoms with Gasteiger partial charge in [-0.05, 0) is 17.7 Å². The lowest BCUT2D eigenvalue weighted by Gasteiger charge is -2.25. The molecule has 6 nitrogen and oxygen atoms in total. The van der Waals surface area contributed by atoms with E-state index in [-0.39, 0.29) is 11.7 Å². The molecule has 1 aromatic heterocycles. The number of aromatic nitrogens is 2. The second-order valence-corrected chi connectivity index (χ2v) is 9.06. The summed E-state index contributed by atoms with van der Waals surface area (Å²) in [6.45, 7) is 3.90. The maximum absolute atomic E-state index is 12.9. The van der Waals surface area contributed by atoms with Gasteiger partial charge in [0.05, 0.1) is 31.0 Å². The number of carbonyl (C=O) groups is 1. The Morgan fingerprint density at radius 3 is 2.50 bits per heavy atom. The average Bonchev–Trinajstić information content (AvgIpc) is 2.89. The van der Waals surface area contributed by atoms with Gasteiger partial charge >= 0.3 is 0 Å². The minimum absolute atomic E-state index is 0.0641. The van der Waals surface area contributed by atoms with Gasteiger partial charge in [0, 0.05) is 29.7 Å². The summed E-state index contributed by atoms with van der Waals surface area (Å²) in [4.78, 5) is 24.8. The molecule has 7 heteroatoms. The molecule has 172 valence electrons. The third-order valence-corrected chi connectivity index (χ3v) is 6.70. The van der Waals surface area contributed by atoms with Crippen LogP contribution in [0.25, 0.3) is 22.0 Å². The number of benzene rings is 3. The summed E-state index contributed by atoms with van der Waals surface area (Å²) in [5.74, 6) is 0.977. The zero-order valence-electron chi connectivity index (χ0n) is 18.8. The Hall–Kier alpha value is -3.26. The number of rotatable bonds is 7. The first kappa shape index (κ1) is 22.5. The van der Waals surface area contributed by atoms with Crippen molar-refractivity contribution in [1.82, 2.24) is 14.9 Å². The molecule has 1 fully saturated rings. The fourth-order valence-electron chi connectivity index (χ4n) is 4.02. The molecule has 1 amide bonds. The number of para-hydroxylation sites is 2. The Balaban J connectivity index is 1.32. The van der Waals surface area contributed by atoms with Crippen molar-refractivity contribution < 1.29 is 9.53 Å². The van der Waals surface area contributed by atoms with Gasteiger partial charge in [-0.1, -0.05) is 78.5 Å². The smallest absolute Gasteiger partial charge is 0.234 e. The van der Waals surface area contributed by atoms with Crippen molar-refractivity contribution in [2.45, 2.75) is 11.6 Å². The predicted octanol–water partition coefficient (Wildman–Crippen LogP) is 4.86. The molecule has 1 saturated heterocycles. The van der Waals surface area contributed by atoms with Gasteiger partial charge in [0.2, 0.25) is 5.91 Å². The first-order valence-corrected chi connectivity index (χ1v) is 12.4. The quantitative estimate of drug-likeness (QED) is 0.307. The highest BCUT2D eigenvalue weighted by atomic mass is 32.2.